The number of nitrogens with zero attached hydrogens (tertiary/aromatic N) is 1. The lowest BCUT2D eigenvalue weighted by atomic mass is 10.1. The summed E-state index contributed by atoms with van der Waals surface area (Å²) in [6.07, 6.45) is 0. The van der Waals surface area contributed by atoms with Gasteiger partial charge in [-0.05, 0) is 18.6 Å². The molecule has 0 bridgehead atoms. The number of rotatable bonds is 4. The Morgan fingerprint density at radius 3 is 2.68 bits per heavy atom. The number of hydrogen-bond acceptors (Lipinski definition) is 5. The summed E-state index contributed by atoms with van der Waals surface area (Å²) in [5.41, 5.74) is 2.30. The largest absolute Gasteiger partial charge is 0.463 e. The van der Waals surface area contributed by atoms with Crippen molar-refractivity contribution in [3.8, 4) is 11.5 Å². The second-order valence-electron chi connectivity index (χ2n) is 4.03. The number of hydrogen-bond donors (Lipinski definition) is 0. The zero-order valence-corrected chi connectivity index (χ0v) is 11.1. The number of carbonyl (C=O) groups is 1. The topological polar surface area (TPSA) is 61.6 Å². The van der Waals surface area contributed by atoms with E-state index in [9.17, 15) is 4.79 Å². The molecule has 0 unspecified atom stereocenters. The molecule has 1 heterocycles. The minimum Gasteiger partial charge on any atom is -0.463 e. The van der Waals surface area contributed by atoms with Crippen LogP contribution in [0.4, 0.5) is 0 Å². The van der Waals surface area contributed by atoms with E-state index in [1.165, 1.54) is 14.2 Å². The van der Waals surface area contributed by atoms with Crippen molar-refractivity contribution in [2.45, 2.75) is 13.5 Å². The van der Waals surface area contributed by atoms with Crippen molar-refractivity contribution in [3.05, 3.63) is 41.3 Å². The highest BCUT2D eigenvalue weighted by Crippen LogP contribution is 2.25. The maximum Gasteiger partial charge on any atom is 0.376 e. The van der Waals surface area contributed by atoms with Gasteiger partial charge in [0.05, 0.1) is 13.7 Å². The maximum atomic E-state index is 11.6. The molecule has 1 aromatic heterocycles. The van der Waals surface area contributed by atoms with Crippen LogP contribution in [0.3, 0.4) is 0 Å². The Bertz CT molecular complexity index is 589. The fourth-order valence-corrected chi connectivity index (χ4v) is 1.77. The molecule has 0 amide bonds. The van der Waals surface area contributed by atoms with Crippen LogP contribution >= 0.6 is 0 Å². The number of oxazole rings is 1. The lowest BCUT2D eigenvalue weighted by molar-refractivity contribution is 0.0559. The monoisotopic (exact) mass is 261 g/mol. The third kappa shape index (κ3) is 2.66. The Kier molecular flexibility index (Phi) is 3.97. The number of aryl methyl sites for hydroxylation is 1. The van der Waals surface area contributed by atoms with E-state index < -0.39 is 5.97 Å². The molecule has 0 aliphatic rings. The first-order chi connectivity index (χ1) is 9.17. The molecule has 0 fully saturated rings. The number of aromatic nitrogens is 1. The van der Waals surface area contributed by atoms with Crippen molar-refractivity contribution in [1.82, 2.24) is 4.98 Å². The van der Waals surface area contributed by atoms with Crippen molar-refractivity contribution < 1.29 is 18.7 Å². The third-order valence-electron chi connectivity index (χ3n) is 2.72. The van der Waals surface area contributed by atoms with Gasteiger partial charge < -0.3 is 13.9 Å². The van der Waals surface area contributed by atoms with Crippen molar-refractivity contribution in [3.63, 3.8) is 0 Å². The Morgan fingerprint density at radius 1 is 1.32 bits per heavy atom. The quantitative estimate of drug-likeness (QED) is 0.791. The van der Waals surface area contributed by atoms with Crippen LogP contribution < -0.4 is 0 Å². The molecule has 0 aliphatic carbocycles. The van der Waals surface area contributed by atoms with Gasteiger partial charge in [-0.1, -0.05) is 18.2 Å². The Morgan fingerprint density at radius 2 is 2.05 bits per heavy atom. The molecule has 1 aromatic carbocycles. The summed E-state index contributed by atoms with van der Waals surface area (Å²) in [5.74, 6) is -0.0764. The minimum absolute atomic E-state index is 0.0857. The summed E-state index contributed by atoms with van der Waals surface area (Å²) in [7, 11) is 2.83. The third-order valence-corrected chi connectivity index (χ3v) is 2.72. The van der Waals surface area contributed by atoms with Crippen molar-refractivity contribution in [2.24, 2.45) is 0 Å². The van der Waals surface area contributed by atoms with Gasteiger partial charge in [0.25, 0.3) is 0 Å². The molecular weight excluding hydrogens is 246 g/mol. The first kappa shape index (κ1) is 13.3. The second kappa shape index (κ2) is 5.67. The number of benzene rings is 1. The molecule has 0 aliphatic heterocycles. The first-order valence-corrected chi connectivity index (χ1v) is 5.80. The fourth-order valence-electron chi connectivity index (χ4n) is 1.77. The molecule has 0 N–H and O–H groups in total. The van der Waals surface area contributed by atoms with Crippen molar-refractivity contribution >= 4 is 5.97 Å². The lowest BCUT2D eigenvalue weighted by Gasteiger charge is -1.99. The van der Waals surface area contributed by atoms with Gasteiger partial charge in [0.2, 0.25) is 11.7 Å². The Labute approximate surface area is 111 Å². The number of carbonyl (C=O) groups excluding carboxylic acids is 1. The summed E-state index contributed by atoms with van der Waals surface area (Å²) in [4.78, 5) is 15.9. The molecule has 5 heteroatoms. The molecule has 19 heavy (non-hydrogen) atoms. The van der Waals surface area contributed by atoms with E-state index in [0.717, 1.165) is 11.1 Å². The van der Waals surface area contributed by atoms with Crippen LogP contribution in [0.15, 0.2) is 28.7 Å². The predicted molar refractivity (Wildman–Crippen MR) is 68.7 cm³/mol. The zero-order chi connectivity index (χ0) is 13.8. The highest BCUT2D eigenvalue weighted by atomic mass is 16.5. The van der Waals surface area contributed by atoms with Crippen LogP contribution in [-0.4, -0.2) is 25.2 Å². The average molecular weight is 261 g/mol. The van der Waals surface area contributed by atoms with Gasteiger partial charge in [-0.3, -0.25) is 0 Å². The van der Waals surface area contributed by atoms with E-state index in [1.54, 1.807) is 0 Å². The van der Waals surface area contributed by atoms with Gasteiger partial charge in [-0.2, -0.15) is 0 Å². The molecular formula is C14H15NO4. The zero-order valence-electron chi connectivity index (χ0n) is 11.1. The van der Waals surface area contributed by atoms with Gasteiger partial charge in [-0.25, -0.2) is 9.78 Å². The standard InChI is InChI=1S/C14H15NO4/c1-9-6-4-5-7-10(9)13-15-11(8-17-2)12(19-13)14(16)18-3/h4-7H,8H2,1-3H3. The van der Waals surface area contributed by atoms with Crippen molar-refractivity contribution in [1.29, 1.82) is 0 Å². The van der Waals surface area contributed by atoms with Crippen LogP contribution in [0.2, 0.25) is 0 Å². The molecule has 0 spiro atoms. The van der Waals surface area contributed by atoms with E-state index in [2.05, 4.69) is 9.72 Å². The molecule has 100 valence electrons. The summed E-state index contributed by atoms with van der Waals surface area (Å²) >= 11 is 0. The van der Waals surface area contributed by atoms with E-state index >= 15 is 0 Å². The van der Waals surface area contributed by atoms with Gasteiger partial charge in [0.1, 0.15) is 5.69 Å². The highest BCUT2D eigenvalue weighted by Gasteiger charge is 2.22. The molecule has 5 nitrogen and oxygen atoms in total. The molecule has 2 aromatic rings. The maximum absolute atomic E-state index is 11.6. The SMILES string of the molecule is COCc1nc(-c2ccccc2C)oc1C(=O)OC. The number of ether oxygens (including phenoxy) is 2. The van der Waals surface area contributed by atoms with Crippen LogP contribution in [0.1, 0.15) is 21.8 Å². The smallest absolute Gasteiger partial charge is 0.376 e. The second-order valence-corrected chi connectivity index (χ2v) is 4.03. The molecule has 2 rings (SSSR count). The van der Waals surface area contributed by atoms with E-state index in [0.29, 0.717) is 11.6 Å². The van der Waals surface area contributed by atoms with Crippen LogP contribution in [0, 0.1) is 6.92 Å². The first-order valence-electron chi connectivity index (χ1n) is 5.80. The van der Waals surface area contributed by atoms with E-state index in [1.807, 2.05) is 31.2 Å². The average Bonchev–Trinajstić information content (AvgIpc) is 2.83. The molecule has 0 radical (unpaired) electrons. The Balaban J connectivity index is 2.48. The molecule has 0 saturated heterocycles. The highest BCUT2D eigenvalue weighted by molar-refractivity contribution is 5.88. The summed E-state index contributed by atoms with van der Waals surface area (Å²) < 4.78 is 15.2. The predicted octanol–water partition coefficient (Wildman–Crippen LogP) is 2.58. The van der Waals surface area contributed by atoms with Crippen LogP contribution in [0.5, 0.6) is 0 Å². The fraction of sp³-hybridized carbons (Fsp3) is 0.286. The molecule has 0 atom stereocenters. The Hall–Kier alpha value is -2.14. The van der Waals surface area contributed by atoms with E-state index in [-0.39, 0.29) is 12.4 Å². The lowest BCUT2D eigenvalue weighted by Crippen LogP contribution is -2.04. The van der Waals surface area contributed by atoms with Crippen LogP contribution in [-0.2, 0) is 16.1 Å². The van der Waals surface area contributed by atoms with Gasteiger partial charge >= 0.3 is 5.97 Å². The summed E-state index contributed by atoms with van der Waals surface area (Å²) in [6.45, 7) is 2.15. The minimum atomic E-state index is -0.556. The normalized spacial score (nSPS) is 10.5. The molecule has 0 saturated carbocycles. The summed E-state index contributed by atoms with van der Waals surface area (Å²) in [6, 6.07) is 7.66. The van der Waals surface area contributed by atoms with Gasteiger partial charge in [0, 0.05) is 12.7 Å². The van der Waals surface area contributed by atoms with Crippen molar-refractivity contribution in [2.75, 3.05) is 14.2 Å². The summed E-state index contributed by atoms with van der Waals surface area (Å²) in [5, 5.41) is 0. The number of esters is 1. The van der Waals surface area contributed by atoms with Crippen LogP contribution in [0.25, 0.3) is 11.5 Å². The van der Waals surface area contributed by atoms with Gasteiger partial charge in [-0.15, -0.1) is 0 Å². The van der Waals surface area contributed by atoms with E-state index in [4.69, 9.17) is 9.15 Å². The van der Waals surface area contributed by atoms with Gasteiger partial charge in [0.15, 0.2) is 0 Å². The number of methoxy groups -OCH3 is 2.